The van der Waals surface area contributed by atoms with Crippen LogP contribution in [0.2, 0.25) is 0 Å². The lowest BCUT2D eigenvalue weighted by molar-refractivity contribution is 0.288. The third-order valence-corrected chi connectivity index (χ3v) is 3.86. The van der Waals surface area contributed by atoms with Gasteiger partial charge in [0.05, 0.1) is 12.3 Å². The van der Waals surface area contributed by atoms with E-state index in [2.05, 4.69) is 45.1 Å². The topological polar surface area (TPSA) is 34.1 Å². The van der Waals surface area contributed by atoms with E-state index in [1.54, 1.807) is 0 Å². The third-order valence-electron chi connectivity index (χ3n) is 3.86. The maximum absolute atomic E-state index is 5.90. The number of hydrogen-bond donors (Lipinski definition) is 1. The molecule has 0 saturated heterocycles. The van der Waals surface area contributed by atoms with Gasteiger partial charge in [-0.05, 0) is 36.9 Å². The van der Waals surface area contributed by atoms with Crippen LogP contribution < -0.4 is 10.1 Å². The molecule has 0 amide bonds. The Balaban J connectivity index is 2.03. The van der Waals surface area contributed by atoms with Gasteiger partial charge in [-0.25, -0.2) is 4.98 Å². The van der Waals surface area contributed by atoms with E-state index >= 15 is 0 Å². The Morgan fingerprint density at radius 3 is 2.67 bits per heavy atom. The molecule has 21 heavy (non-hydrogen) atoms. The van der Waals surface area contributed by atoms with Gasteiger partial charge in [-0.15, -0.1) is 0 Å². The van der Waals surface area contributed by atoms with Crippen molar-refractivity contribution in [1.29, 1.82) is 0 Å². The SMILES string of the molecule is CCCNCc1cc(OCCC2CC2)nc(C(C)(C)C)c1. The van der Waals surface area contributed by atoms with Crippen LogP contribution in [0.1, 0.15) is 64.6 Å². The first-order chi connectivity index (χ1) is 9.99. The van der Waals surface area contributed by atoms with Gasteiger partial charge in [0, 0.05) is 18.0 Å². The Morgan fingerprint density at radius 2 is 2.05 bits per heavy atom. The molecule has 1 aliphatic carbocycles. The van der Waals surface area contributed by atoms with Crippen LogP contribution in [0.15, 0.2) is 12.1 Å². The zero-order valence-electron chi connectivity index (χ0n) is 14.0. The Hall–Kier alpha value is -1.09. The molecular weight excluding hydrogens is 260 g/mol. The van der Waals surface area contributed by atoms with Crippen molar-refractivity contribution in [3.8, 4) is 5.88 Å². The average Bonchev–Trinajstić information content (AvgIpc) is 3.22. The van der Waals surface area contributed by atoms with Gasteiger partial charge in [-0.2, -0.15) is 0 Å². The van der Waals surface area contributed by atoms with Gasteiger partial charge in [-0.1, -0.05) is 40.5 Å². The van der Waals surface area contributed by atoms with E-state index < -0.39 is 0 Å². The van der Waals surface area contributed by atoms with Crippen molar-refractivity contribution < 1.29 is 4.74 Å². The van der Waals surface area contributed by atoms with Crippen LogP contribution in [0.3, 0.4) is 0 Å². The van der Waals surface area contributed by atoms with Gasteiger partial charge in [0.15, 0.2) is 0 Å². The van der Waals surface area contributed by atoms with Crippen LogP contribution in [-0.2, 0) is 12.0 Å². The van der Waals surface area contributed by atoms with Gasteiger partial charge in [0.1, 0.15) is 0 Å². The van der Waals surface area contributed by atoms with Crippen molar-refractivity contribution in [1.82, 2.24) is 10.3 Å². The fourth-order valence-electron chi connectivity index (χ4n) is 2.27. The quantitative estimate of drug-likeness (QED) is 0.733. The highest BCUT2D eigenvalue weighted by Gasteiger charge is 2.21. The Labute approximate surface area is 129 Å². The van der Waals surface area contributed by atoms with Gasteiger partial charge in [0.2, 0.25) is 5.88 Å². The molecule has 3 nitrogen and oxygen atoms in total. The summed E-state index contributed by atoms with van der Waals surface area (Å²) in [7, 11) is 0. The minimum absolute atomic E-state index is 0.0510. The first-order valence-corrected chi connectivity index (χ1v) is 8.34. The standard InChI is InChI=1S/C18H30N2O/c1-5-9-19-13-15-11-16(18(2,3)4)20-17(12-15)21-10-8-14-6-7-14/h11-12,14,19H,5-10,13H2,1-4H3. The summed E-state index contributed by atoms with van der Waals surface area (Å²) in [5.74, 6) is 1.69. The second-order valence-electron chi connectivity index (χ2n) is 7.21. The second kappa shape index (κ2) is 7.26. The summed E-state index contributed by atoms with van der Waals surface area (Å²) in [6.07, 6.45) is 5.09. The van der Waals surface area contributed by atoms with Crippen molar-refractivity contribution in [3.05, 3.63) is 23.4 Å². The summed E-state index contributed by atoms with van der Waals surface area (Å²) in [4.78, 5) is 4.70. The van der Waals surface area contributed by atoms with E-state index in [-0.39, 0.29) is 5.41 Å². The molecule has 1 fully saturated rings. The lowest BCUT2D eigenvalue weighted by Crippen LogP contribution is -2.18. The Morgan fingerprint density at radius 1 is 1.29 bits per heavy atom. The van der Waals surface area contributed by atoms with E-state index in [1.165, 1.54) is 24.8 Å². The fourth-order valence-corrected chi connectivity index (χ4v) is 2.27. The molecule has 0 radical (unpaired) electrons. The summed E-state index contributed by atoms with van der Waals surface area (Å²) in [6.45, 7) is 11.5. The van der Waals surface area contributed by atoms with Crippen LogP contribution in [0, 0.1) is 5.92 Å². The number of hydrogen-bond acceptors (Lipinski definition) is 3. The van der Waals surface area contributed by atoms with Crippen molar-refractivity contribution in [2.24, 2.45) is 5.92 Å². The fraction of sp³-hybridized carbons (Fsp3) is 0.722. The molecule has 0 unspecified atom stereocenters. The zero-order valence-corrected chi connectivity index (χ0v) is 14.0. The summed E-state index contributed by atoms with van der Waals surface area (Å²) in [5, 5.41) is 3.46. The molecule has 1 aliphatic rings. The van der Waals surface area contributed by atoms with Gasteiger partial charge >= 0.3 is 0 Å². The monoisotopic (exact) mass is 290 g/mol. The van der Waals surface area contributed by atoms with Crippen LogP contribution in [0.4, 0.5) is 0 Å². The molecule has 1 saturated carbocycles. The summed E-state index contributed by atoms with van der Waals surface area (Å²) >= 11 is 0. The highest BCUT2D eigenvalue weighted by molar-refractivity contribution is 5.28. The first kappa shape index (κ1) is 16.3. The molecule has 1 heterocycles. The number of aromatic nitrogens is 1. The van der Waals surface area contributed by atoms with Crippen LogP contribution in [0.25, 0.3) is 0 Å². The third kappa shape index (κ3) is 5.66. The molecule has 0 atom stereocenters. The smallest absolute Gasteiger partial charge is 0.213 e. The normalized spacial score (nSPS) is 15.2. The predicted octanol–water partition coefficient (Wildman–Crippen LogP) is 4.06. The highest BCUT2D eigenvalue weighted by atomic mass is 16.5. The molecule has 1 aromatic heterocycles. The summed E-state index contributed by atoms with van der Waals surface area (Å²) in [6, 6.07) is 4.29. The van der Waals surface area contributed by atoms with E-state index in [0.717, 1.165) is 43.6 Å². The van der Waals surface area contributed by atoms with Crippen LogP contribution in [0.5, 0.6) is 5.88 Å². The first-order valence-electron chi connectivity index (χ1n) is 8.34. The maximum Gasteiger partial charge on any atom is 0.213 e. The number of ether oxygens (including phenoxy) is 1. The molecule has 0 bridgehead atoms. The predicted molar refractivity (Wildman–Crippen MR) is 87.8 cm³/mol. The highest BCUT2D eigenvalue weighted by Crippen LogP contribution is 2.32. The van der Waals surface area contributed by atoms with E-state index in [9.17, 15) is 0 Å². The van der Waals surface area contributed by atoms with Crippen molar-refractivity contribution >= 4 is 0 Å². The molecule has 0 aromatic carbocycles. The summed E-state index contributed by atoms with van der Waals surface area (Å²) in [5.41, 5.74) is 2.43. The molecule has 3 heteroatoms. The van der Waals surface area contributed by atoms with Gasteiger partial charge in [0.25, 0.3) is 0 Å². The van der Waals surface area contributed by atoms with Crippen molar-refractivity contribution in [3.63, 3.8) is 0 Å². The molecule has 2 rings (SSSR count). The average molecular weight is 290 g/mol. The second-order valence-corrected chi connectivity index (χ2v) is 7.21. The van der Waals surface area contributed by atoms with E-state index in [1.807, 2.05) is 0 Å². The Kier molecular flexibility index (Phi) is 5.63. The molecular formula is C18H30N2O. The van der Waals surface area contributed by atoms with Crippen molar-refractivity contribution in [2.75, 3.05) is 13.2 Å². The lowest BCUT2D eigenvalue weighted by atomic mass is 9.91. The number of rotatable bonds is 8. The van der Waals surface area contributed by atoms with Crippen LogP contribution >= 0.6 is 0 Å². The zero-order chi connectivity index (χ0) is 15.3. The summed E-state index contributed by atoms with van der Waals surface area (Å²) < 4.78 is 5.90. The van der Waals surface area contributed by atoms with Crippen LogP contribution in [-0.4, -0.2) is 18.1 Å². The van der Waals surface area contributed by atoms with E-state index in [0.29, 0.717) is 0 Å². The number of pyridine rings is 1. The molecule has 1 aromatic rings. The van der Waals surface area contributed by atoms with E-state index in [4.69, 9.17) is 9.72 Å². The number of nitrogens with one attached hydrogen (secondary N) is 1. The lowest BCUT2D eigenvalue weighted by Gasteiger charge is -2.20. The minimum atomic E-state index is 0.0510. The van der Waals surface area contributed by atoms with Gasteiger partial charge < -0.3 is 10.1 Å². The molecule has 0 spiro atoms. The number of nitrogens with zero attached hydrogens (tertiary/aromatic N) is 1. The minimum Gasteiger partial charge on any atom is -0.478 e. The molecule has 1 N–H and O–H groups in total. The van der Waals surface area contributed by atoms with Crippen molar-refractivity contribution in [2.45, 2.75) is 65.3 Å². The van der Waals surface area contributed by atoms with Gasteiger partial charge in [-0.3, -0.25) is 0 Å². The largest absolute Gasteiger partial charge is 0.478 e. The molecule has 118 valence electrons. The Bertz CT molecular complexity index is 447. The maximum atomic E-state index is 5.90. The molecule has 0 aliphatic heterocycles.